The summed E-state index contributed by atoms with van der Waals surface area (Å²) in [6.07, 6.45) is 2.04. The Morgan fingerprint density at radius 2 is 2.04 bits per heavy atom. The Kier molecular flexibility index (Phi) is 6.70. The summed E-state index contributed by atoms with van der Waals surface area (Å²) in [6.45, 7) is 2.81. The summed E-state index contributed by atoms with van der Waals surface area (Å²) in [7, 11) is 3.34. The first kappa shape index (κ1) is 18.4. The summed E-state index contributed by atoms with van der Waals surface area (Å²) in [5.74, 6) is 0.831. The summed E-state index contributed by atoms with van der Waals surface area (Å²) in [5, 5.41) is 6.14. The molecular weight excluding hydrogens is 320 g/mol. The average Bonchev–Trinajstić information content (AvgIpc) is 2.64. The van der Waals surface area contributed by atoms with Gasteiger partial charge in [0, 0.05) is 30.1 Å². The lowest BCUT2D eigenvalue weighted by molar-refractivity contribution is 0.0963. The monoisotopic (exact) mass is 344 g/mol. The van der Waals surface area contributed by atoms with E-state index >= 15 is 0 Å². The summed E-state index contributed by atoms with van der Waals surface area (Å²) in [4.78, 5) is 12.8. The van der Waals surface area contributed by atoms with Crippen molar-refractivity contribution in [2.75, 3.05) is 20.4 Å². The molecule has 2 aromatic carbocycles. The van der Waals surface area contributed by atoms with Gasteiger partial charge in [0.05, 0.1) is 7.11 Å². The molecule has 0 radical (unpaired) electrons. The van der Waals surface area contributed by atoms with Crippen LogP contribution in [0.4, 0.5) is 0 Å². The molecule has 2 rings (SSSR count). The normalized spacial score (nSPS) is 11.8. The number of thioether (sulfide) groups is 1. The van der Waals surface area contributed by atoms with Gasteiger partial charge in [0.2, 0.25) is 0 Å². The van der Waals surface area contributed by atoms with E-state index in [-0.39, 0.29) is 11.9 Å². The van der Waals surface area contributed by atoms with Crippen LogP contribution >= 0.6 is 11.8 Å². The molecule has 0 heterocycles. The van der Waals surface area contributed by atoms with E-state index in [1.54, 1.807) is 25.9 Å². The molecule has 5 heteroatoms. The molecule has 0 aliphatic heterocycles. The quantitative estimate of drug-likeness (QED) is 0.753. The van der Waals surface area contributed by atoms with Gasteiger partial charge in [-0.1, -0.05) is 18.2 Å². The fourth-order valence-corrected chi connectivity index (χ4v) is 3.03. The topological polar surface area (TPSA) is 50.4 Å². The molecule has 0 saturated carbocycles. The Hall–Kier alpha value is -1.98. The van der Waals surface area contributed by atoms with E-state index in [4.69, 9.17) is 4.74 Å². The summed E-state index contributed by atoms with van der Waals surface area (Å²) in [5.41, 5.74) is 2.93. The maximum absolute atomic E-state index is 11.7. The van der Waals surface area contributed by atoms with Crippen LogP contribution in [0, 0.1) is 0 Å². The zero-order valence-corrected chi connectivity index (χ0v) is 15.4. The standard InChI is InChI=1S/C19H24N2O2S/c1-13(15-8-9-18(24-4)17(11-15)23-3)21-12-14-6-5-7-16(10-14)19(22)20-2/h5-11,13,21H,12H2,1-4H3,(H,20,22)/t13-/m0/s1. The molecule has 2 N–H and O–H groups in total. The van der Waals surface area contributed by atoms with Gasteiger partial charge in [-0.05, 0) is 48.6 Å². The van der Waals surface area contributed by atoms with Crippen LogP contribution in [0.1, 0.15) is 34.5 Å². The van der Waals surface area contributed by atoms with Crippen molar-refractivity contribution in [1.29, 1.82) is 0 Å². The highest BCUT2D eigenvalue weighted by molar-refractivity contribution is 7.98. The Morgan fingerprint density at radius 1 is 1.25 bits per heavy atom. The molecule has 2 aromatic rings. The van der Waals surface area contributed by atoms with Gasteiger partial charge >= 0.3 is 0 Å². The molecule has 0 unspecified atom stereocenters. The smallest absolute Gasteiger partial charge is 0.251 e. The van der Waals surface area contributed by atoms with Crippen LogP contribution < -0.4 is 15.4 Å². The van der Waals surface area contributed by atoms with Crippen LogP contribution in [0.15, 0.2) is 47.4 Å². The molecule has 1 amide bonds. The van der Waals surface area contributed by atoms with Crippen molar-refractivity contribution in [2.45, 2.75) is 24.4 Å². The number of methoxy groups -OCH3 is 1. The average molecular weight is 344 g/mol. The van der Waals surface area contributed by atoms with Crippen LogP contribution in [0.5, 0.6) is 5.75 Å². The first-order chi connectivity index (χ1) is 11.6. The van der Waals surface area contributed by atoms with Crippen LogP contribution in [0.2, 0.25) is 0 Å². The first-order valence-corrected chi connectivity index (χ1v) is 9.07. The minimum Gasteiger partial charge on any atom is -0.496 e. The number of carbonyl (C=O) groups is 1. The number of amides is 1. The number of ether oxygens (including phenoxy) is 1. The third-order valence-corrected chi connectivity index (χ3v) is 4.71. The van der Waals surface area contributed by atoms with Gasteiger partial charge in [-0.25, -0.2) is 0 Å². The molecule has 0 saturated heterocycles. The third kappa shape index (κ3) is 4.52. The fraction of sp³-hybridized carbons (Fsp3) is 0.316. The van der Waals surface area contributed by atoms with Gasteiger partial charge in [-0.3, -0.25) is 4.79 Å². The van der Waals surface area contributed by atoms with Gasteiger partial charge in [0.25, 0.3) is 5.91 Å². The van der Waals surface area contributed by atoms with Crippen molar-refractivity contribution in [3.63, 3.8) is 0 Å². The van der Waals surface area contributed by atoms with Crippen molar-refractivity contribution >= 4 is 17.7 Å². The molecule has 0 bridgehead atoms. The zero-order chi connectivity index (χ0) is 17.5. The van der Waals surface area contributed by atoms with E-state index in [1.165, 1.54) is 5.56 Å². The van der Waals surface area contributed by atoms with Gasteiger partial charge < -0.3 is 15.4 Å². The van der Waals surface area contributed by atoms with Crippen molar-refractivity contribution in [2.24, 2.45) is 0 Å². The summed E-state index contributed by atoms with van der Waals surface area (Å²) < 4.78 is 5.45. The molecule has 0 spiro atoms. The second-order valence-electron chi connectivity index (χ2n) is 5.50. The predicted octanol–water partition coefficient (Wildman–Crippen LogP) is 3.63. The Balaban J connectivity index is 2.05. The molecule has 0 fully saturated rings. The Labute approximate surface area is 148 Å². The highest BCUT2D eigenvalue weighted by atomic mass is 32.2. The van der Waals surface area contributed by atoms with Crippen LogP contribution in [0.3, 0.4) is 0 Å². The van der Waals surface area contributed by atoms with Crippen molar-refractivity contribution in [1.82, 2.24) is 10.6 Å². The molecule has 0 aliphatic carbocycles. The largest absolute Gasteiger partial charge is 0.496 e. The molecule has 128 valence electrons. The van der Waals surface area contributed by atoms with E-state index in [2.05, 4.69) is 35.8 Å². The van der Waals surface area contributed by atoms with E-state index in [0.717, 1.165) is 16.2 Å². The molecule has 0 aromatic heterocycles. The van der Waals surface area contributed by atoms with Crippen molar-refractivity contribution in [3.8, 4) is 5.75 Å². The fourth-order valence-electron chi connectivity index (χ4n) is 2.48. The van der Waals surface area contributed by atoms with Gasteiger partial charge in [0.15, 0.2) is 0 Å². The lowest BCUT2D eigenvalue weighted by Gasteiger charge is -2.17. The highest BCUT2D eigenvalue weighted by Gasteiger charge is 2.10. The van der Waals surface area contributed by atoms with Crippen molar-refractivity contribution < 1.29 is 9.53 Å². The maximum Gasteiger partial charge on any atom is 0.251 e. The minimum absolute atomic E-state index is 0.0673. The van der Waals surface area contributed by atoms with Crippen LogP contribution in [-0.4, -0.2) is 26.3 Å². The Morgan fingerprint density at radius 3 is 2.71 bits per heavy atom. The molecule has 0 aliphatic rings. The van der Waals surface area contributed by atoms with Crippen LogP contribution in [0.25, 0.3) is 0 Å². The number of hydrogen-bond donors (Lipinski definition) is 2. The maximum atomic E-state index is 11.7. The van der Waals surface area contributed by atoms with Crippen LogP contribution in [-0.2, 0) is 6.54 Å². The summed E-state index contributed by atoms with van der Waals surface area (Å²) in [6, 6.07) is 14.1. The lowest BCUT2D eigenvalue weighted by Crippen LogP contribution is -2.20. The first-order valence-electron chi connectivity index (χ1n) is 7.85. The van der Waals surface area contributed by atoms with Gasteiger partial charge in [0.1, 0.15) is 5.75 Å². The SMILES string of the molecule is CNC(=O)c1cccc(CN[C@@H](C)c2ccc(SC)c(OC)c2)c1. The zero-order valence-electron chi connectivity index (χ0n) is 14.6. The second-order valence-corrected chi connectivity index (χ2v) is 6.34. The number of carbonyl (C=O) groups excluding carboxylic acids is 1. The molecular formula is C19H24N2O2S. The van der Waals surface area contributed by atoms with E-state index in [1.807, 2.05) is 30.5 Å². The van der Waals surface area contributed by atoms with Gasteiger partial charge in [-0.2, -0.15) is 0 Å². The second kappa shape index (κ2) is 8.76. The van der Waals surface area contributed by atoms with Crippen molar-refractivity contribution in [3.05, 3.63) is 59.2 Å². The number of nitrogens with one attached hydrogen (secondary N) is 2. The van der Waals surface area contributed by atoms with E-state index < -0.39 is 0 Å². The summed E-state index contributed by atoms with van der Waals surface area (Å²) >= 11 is 1.67. The molecule has 1 atom stereocenters. The van der Waals surface area contributed by atoms with E-state index in [0.29, 0.717) is 12.1 Å². The third-order valence-electron chi connectivity index (χ3n) is 3.94. The van der Waals surface area contributed by atoms with E-state index in [9.17, 15) is 4.79 Å². The number of hydrogen-bond acceptors (Lipinski definition) is 4. The Bertz CT molecular complexity index is 704. The lowest BCUT2D eigenvalue weighted by atomic mass is 10.1. The van der Waals surface area contributed by atoms with Gasteiger partial charge in [-0.15, -0.1) is 11.8 Å². The predicted molar refractivity (Wildman–Crippen MR) is 99.9 cm³/mol. The number of benzene rings is 2. The highest BCUT2D eigenvalue weighted by Crippen LogP contribution is 2.30. The minimum atomic E-state index is -0.0673. The molecule has 24 heavy (non-hydrogen) atoms. The molecule has 4 nitrogen and oxygen atoms in total. The number of rotatable bonds is 7.